The molecule has 2 heterocycles. The molecule has 1 saturated carbocycles. The summed E-state index contributed by atoms with van der Waals surface area (Å²) >= 11 is 4.09. The fourth-order valence-corrected chi connectivity index (χ4v) is 4.58. The number of nitrogen functional groups attached to an aromatic ring is 1. The first kappa shape index (κ1) is 12.4. The van der Waals surface area contributed by atoms with Crippen LogP contribution in [0.15, 0.2) is 6.07 Å². The number of aromatic nitrogens is 2. The van der Waals surface area contributed by atoms with Crippen LogP contribution in [0.25, 0.3) is 0 Å². The Hall–Kier alpha value is -0.620. The minimum atomic E-state index is 0.550. The highest BCUT2D eigenvalue weighted by Crippen LogP contribution is 2.38. The molecule has 1 aliphatic carbocycles. The predicted octanol–water partition coefficient (Wildman–Crippen LogP) is 2.20. The molecule has 6 heteroatoms. The van der Waals surface area contributed by atoms with E-state index in [1.165, 1.54) is 30.1 Å². The molecule has 1 aromatic rings. The molecule has 1 saturated heterocycles. The topological polar surface area (TPSA) is 63.8 Å². The maximum atomic E-state index is 5.83. The van der Waals surface area contributed by atoms with Crippen LogP contribution in [0.1, 0.15) is 24.6 Å². The standard InChI is InChI=1S/C12H18N4S2/c13-10-5-11(16-12(15-10)8-1-2-8)14-6-9-7-17-3-4-18-9/h5,8-9H,1-4,6-7H2,(H3,13,14,15,16). The Morgan fingerprint density at radius 1 is 1.33 bits per heavy atom. The first-order valence-electron chi connectivity index (χ1n) is 6.39. The third-order valence-corrected chi connectivity index (χ3v) is 5.95. The van der Waals surface area contributed by atoms with Crippen LogP contribution in [-0.4, -0.2) is 39.0 Å². The van der Waals surface area contributed by atoms with E-state index in [2.05, 4.69) is 27.0 Å². The summed E-state index contributed by atoms with van der Waals surface area (Å²) in [6, 6.07) is 1.84. The van der Waals surface area contributed by atoms with E-state index in [9.17, 15) is 0 Å². The number of thioether (sulfide) groups is 2. The van der Waals surface area contributed by atoms with Crippen LogP contribution in [0.4, 0.5) is 11.6 Å². The molecule has 4 nitrogen and oxygen atoms in total. The fraction of sp³-hybridized carbons (Fsp3) is 0.667. The van der Waals surface area contributed by atoms with Gasteiger partial charge in [0.1, 0.15) is 17.5 Å². The van der Waals surface area contributed by atoms with E-state index >= 15 is 0 Å². The minimum absolute atomic E-state index is 0.550. The Morgan fingerprint density at radius 3 is 2.94 bits per heavy atom. The van der Waals surface area contributed by atoms with Crippen LogP contribution in [0.5, 0.6) is 0 Å². The van der Waals surface area contributed by atoms with Gasteiger partial charge < -0.3 is 11.1 Å². The summed E-state index contributed by atoms with van der Waals surface area (Å²) in [5.74, 6) is 6.72. The molecule has 1 aromatic heterocycles. The number of nitrogens with two attached hydrogens (primary N) is 1. The van der Waals surface area contributed by atoms with Crippen molar-refractivity contribution in [3.05, 3.63) is 11.9 Å². The van der Waals surface area contributed by atoms with Gasteiger partial charge in [0.15, 0.2) is 0 Å². The third-order valence-electron chi connectivity index (χ3n) is 3.10. The van der Waals surface area contributed by atoms with Crippen molar-refractivity contribution in [2.24, 2.45) is 0 Å². The summed E-state index contributed by atoms with van der Waals surface area (Å²) in [6.45, 7) is 0.970. The molecule has 2 fully saturated rings. The number of rotatable bonds is 4. The van der Waals surface area contributed by atoms with Crippen molar-refractivity contribution in [1.82, 2.24) is 9.97 Å². The van der Waals surface area contributed by atoms with Gasteiger partial charge in [-0.05, 0) is 12.8 Å². The van der Waals surface area contributed by atoms with Crippen LogP contribution < -0.4 is 11.1 Å². The van der Waals surface area contributed by atoms with Gasteiger partial charge in [-0.3, -0.25) is 0 Å². The van der Waals surface area contributed by atoms with Crippen LogP contribution in [0, 0.1) is 0 Å². The quantitative estimate of drug-likeness (QED) is 0.882. The lowest BCUT2D eigenvalue weighted by molar-refractivity contribution is 0.918. The first-order valence-corrected chi connectivity index (χ1v) is 8.59. The van der Waals surface area contributed by atoms with E-state index in [1.807, 2.05) is 17.8 Å². The third kappa shape index (κ3) is 3.23. The smallest absolute Gasteiger partial charge is 0.136 e. The molecule has 3 rings (SSSR count). The van der Waals surface area contributed by atoms with Gasteiger partial charge in [-0.25, -0.2) is 9.97 Å². The molecule has 0 aromatic carbocycles. The van der Waals surface area contributed by atoms with Crippen molar-refractivity contribution in [3.63, 3.8) is 0 Å². The molecule has 18 heavy (non-hydrogen) atoms. The SMILES string of the molecule is Nc1cc(NCC2CSCCS2)nc(C2CC2)n1. The van der Waals surface area contributed by atoms with Gasteiger partial charge in [0.25, 0.3) is 0 Å². The average molecular weight is 282 g/mol. The highest BCUT2D eigenvalue weighted by atomic mass is 32.2. The van der Waals surface area contributed by atoms with E-state index in [0.29, 0.717) is 17.0 Å². The monoisotopic (exact) mass is 282 g/mol. The van der Waals surface area contributed by atoms with Gasteiger partial charge in [-0.2, -0.15) is 23.5 Å². The van der Waals surface area contributed by atoms with Crippen LogP contribution >= 0.6 is 23.5 Å². The highest BCUT2D eigenvalue weighted by molar-refractivity contribution is 8.06. The molecule has 1 atom stereocenters. The largest absolute Gasteiger partial charge is 0.384 e. The van der Waals surface area contributed by atoms with Crippen LogP contribution in [0.3, 0.4) is 0 Å². The second-order valence-electron chi connectivity index (χ2n) is 4.76. The molecule has 98 valence electrons. The molecule has 0 spiro atoms. The van der Waals surface area contributed by atoms with Crippen molar-refractivity contribution in [1.29, 1.82) is 0 Å². The molecule has 0 radical (unpaired) electrons. The lowest BCUT2D eigenvalue weighted by atomic mass is 10.3. The lowest BCUT2D eigenvalue weighted by Gasteiger charge is -2.21. The molecular formula is C12H18N4S2. The summed E-state index contributed by atoms with van der Waals surface area (Å²) in [6.07, 6.45) is 2.41. The van der Waals surface area contributed by atoms with E-state index in [4.69, 9.17) is 5.73 Å². The first-order chi connectivity index (χ1) is 8.81. The Morgan fingerprint density at radius 2 is 2.22 bits per heavy atom. The number of hydrogen-bond donors (Lipinski definition) is 2. The lowest BCUT2D eigenvalue weighted by Crippen LogP contribution is -2.23. The Bertz CT molecular complexity index is 417. The molecule has 2 aliphatic rings. The van der Waals surface area contributed by atoms with Gasteiger partial charge in [-0.1, -0.05) is 0 Å². The van der Waals surface area contributed by atoms with Gasteiger partial charge in [0, 0.05) is 41.0 Å². The zero-order valence-electron chi connectivity index (χ0n) is 10.3. The maximum absolute atomic E-state index is 5.83. The van der Waals surface area contributed by atoms with Gasteiger partial charge >= 0.3 is 0 Å². The fourth-order valence-electron chi connectivity index (χ4n) is 1.97. The molecule has 3 N–H and O–H groups in total. The number of anilines is 2. The van der Waals surface area contributed by atoms with Crippen molar-refractivity contribution in [2.45, 2.75) is 24.0 Å². The van der Waals surface area contributed by atoms with E-state index < -0.39 is 0 Å². The van der Waals surface area contributed by atoms with Crippen molar-refractivity contribution < 1.29 is 0 Å². The van der Waals surface area contributed by atoms with E-state index in [1.54, 1.807) is 0 Å². The number of nitrogens with one attached hydrogen (secondary N) is 1. The van der Waals surface area contributed by atoms with Crippen LogP contribution in [0.2, 0.25) is 0 Å². The molecule has 1 aliphatic heterocycles. The van der Waals surface area contributed by atoms with Crippen molar-refractivity contribution in [2.75, 3.05) is 34.9 Å². The molecule has 0 bridgehead atoms. The zero-order chi connectivity index (χ0) is 12.4. The van der Waals surface area contributed by atoms with Crippen LogP contribution in [-0.2, 0) is 0 Å². The molecule has 0 amide bonds. The molecular weight excluding hydrogens is 264 g/mol. The Labute approximate surface area is 116 Å². The number of nitrogens with zero attached hydrogens (tertiary/aromatic N) is 2. The van der Waals surface area contributed by atoms with Crippen molar-refractivity contribution in [3.8, 4) is 0 Å². The van der Waals surface area contributed by atoms with E-state index in [-0.39, 0.29) is 0 Å². The van der Waals surface area contributed by atoms with Crippen molar-refractivity contribution >= 4 is 35.2 Å². The second kappa shape index (κ2) is 5.57. The van der Waals surface area contributed by atoms with E-state index in [0.717, 1.165) is 18.2 Å². The average Bonchev–Trinajstić information content (AvgIpc) is 3.21. The Kier molecular flexibility index (Phi) is 3.84. The van der Waals surface area contributed by atoms with Gasteiger partial charge in [0.2, 0.25) is 0 Å². The Balaban J connectivity index is 1.60. The normalized spacial score (nSPS) is 23.9. The number of hydrogen-bond acceptors (Lipinski definition) is 6. The summed E-state index contributed by atoms with van der Waals surface area (Å²) in [5.41, 5.74) is 5.83. The van der Waals surface area contributed by atoms with Gasteiger partial charge in [-0.15, -0.1) is 0 Å². The zero-order valence-corrected chi connectivity index (χ0v) is 11.9. The predicted molar refractivity (Wildman–Crippen MR) is 80.5 cm³/mol. The maximum Gasteiger partial charge on any atom is 0.136 e. The second-order valence-corrected chi connectivity index (χ2v) is 7.32. The summed E-state index contributed by atoms with van der Waals surface area (Å²) < 4.78 is 0. The van der Waals surface area contributed by atoms with Gasteiger partial charge in [0.05, 0.1) is 0 Å². The molecule has 1 unspecified atom stereocenters. The summed E-state index contributed by atoms with van der Waals surface area (Å²) in [5, 5.41) is 4.10. The minimum Gasteiger partial charge on any atom is -0.384 e. The summed E-state index contributed by atoms with van der Waals surface area (Å²) in [4.78, 5) is 8.87. The highest BCUT2D eigenvalue weighted by Gasteiger charge is 2.27. The summed E-state index contributed by atoms with van der Waals surface area (Å²) in [7, 11) is 0.